The van der Waals surface area contributed by atoms with Crippen LogP contribution in [0.1, 0.15) is 16.7 Å². The van der Waals surface area contributed by atoms with E-state index in [1.54, 1.807) is 11.3 Å². The topological polar surface area (TPSA) is 18.5 Å². The van der Waals surface area contributed by atoms with Crippen molar-refractivity contribution < 1.29 is 9.47 Å². The van der Waals surface area contributed by atoms with Gasteiger partial charge in [0, 0.05) is 10.4 Å². The van der Waals surface area contributed by atoms with Crippen molar-refractivity contribution in [3.05, 3.63) is 28.5 Å². The molecule has 1 saturated heterocycles. The fourth-order valence-electron chi connectivity index (χ4n) is 1.23. The molecule has 1 aromatic rings. The normalized spacial score (nSPS) is 18.3. The Morgan fingerprint density at radius 1 is 1.50 bits per heavy atom. The molecule has 1 aliphatic heterocycles. The molecule has 0 bridgehead atoms. The Morgan fingerprint density at radius 3 is 2.92 bits per heavy atom. The van der Waals surface area contributed by atoms with E-state index in [0.717, 1.165) is 10.4 Å². The van der Waals surface area contributed by atoms with Gasteiger partial charge >= 0.3 is 0 Å². The van der Waals surface area contributed by atoms with E-state index in [4.69, 9.17) is 9.47 Å². The molecule has 0 N–H and O–H groups in total. The van der Waals surface area contributed by atoms with E-state index in [9.17, 15) is 0 Å². The summed E-state index contributed by atoms with van der Waals surface area (Å²) in [6.07, 6.45) is 1.68. The zero-order chi connectivity index (χ0) is 8.39. The van der Waals surface area contributed by atoms with Crippen LogP contribution >= 0.6 is 11.3 Å². The highest BCUT2D eigenvalue weighted by atomic mass is 32.1. The fraction of sp³-hybridized carbons (Fsp3) is 0.333. The van der Waals surface area contributed by atoms with Crippen molar-refractivity contribution in [3.8, 4) is 0 Å². The summed E-state index contributed by atoms with van der Waals surface area (Å²) in [5.41, 5.74) is 1.10. The van der Waals surface area contributed by atoms with Gasteiger partial charge in [-0.15, -0.1) is 11.3 Å². The molecule has 0 unspecified atom stereocenters. The van der Waals surface area contributed by atoms with Gasteiger partial charge in [0.2, 0.25) is 0 Å². The van der Waals surface area contributed by atoms with E-state index in [1.165, 1.54) is 0 Å². The lowest BCUT2D eigenvalue weighted by Gasteiger charge is -2.07. The lowest BCUT2D eigenvalue weighted by Crippen LogP contribution is -1.97. The second-order valence-electron chi connectivity index (χ2n) is 2.52. The Balaban J connectivity index is 2.25. The fourth-order valence-corrected chi connectivity index (χ4v) is 1.99. The standard InChI is InChI=1S/C9H10O2S/c1-2-8-7(3-6-12-8)9-10-4-5-11-9/h2-3,6,9H,1,4-5H2. The molecule has 0 saturated carbocycles. The lowest BCUT2D eigenvalue weighted by molar-refractivity contribution is -0.0439. The minimum atomic E-state index is -0.163. The SMILES string of the molecule is C=Cc1sccc1C1OCCO1. The average molecular weight is 182 g/mol. The van der Waals surface area contributed by atoms with Crippen LogP contribution in [0.15, 0.2) is 18.0 Å². The summed E-state index contributed by atoms with van der Waals surface area (Å²) in [4.78, 5) is 1.14. The molecular weight excluding hydrogens is 172 g/mol. The molecule has 0 atom stereocenters. The molecule has 3 heteroatoms. The number of ether oxygens (including phenoxy) is 2. The van der Waals surface area contributed by atoms with Crippen LogP contribution in [-0.4, -0.2) is 13.2 Å². The molecule has 0 spiro atoms. The highest BCUT2D eigenvalue weighted by Gasteiger charge is 2.20. The smallest absolute Gasteiger partial charge is 0.185 e. The molecule has 2 heterocycles. The summed E-state index contributed by atoms with van der Waals surface area (Å²) >= 11 is 1.66. The van der Waals surface area contributed by atoms with Crippen molar-refractivity contribution in [1.29, 1.82) is 0 Å². The van der Waals surface area contributed by atoms with Crippen LogP contribution in [0.25, 0.3) is 6.08 Å². The van der Waals surface area contributed by atoms with E-state index in [1.807, 2.05) is 17.5 Å². The Labute approximate surface area is 75.4 Å². The summed E-state index contributed by atoms with van der Waals surface area (Å²) < 4.78 is 10.8. The van der Waals surface area contributed by atoms with Gasteiger partial charge in [-0.2, -0.15) is 0 Å². The van der Waals surface area contributed by atoms with Crippen LogP contribution in [-0.2, 0) is 9.47 Å². The second kappa shape index (κ2) is 3.39. The van der Waals surface area contributed by atoms with Gasteiger partial charge in [-0.3, -0.25) is 0 Å². The van der Waals surface area contributed by atoms with Crippen LogP contribution in [0, 0.1) is 0 Å². The van der Waals surface area contributed by atoms with Gasteiger partial charge in [-0.05, 0) is 11.4 Å². The Kier molecular flexibility index (Phi) is 2.26. The summed E-state index contributed by atoms with van der Waals surface area (Å²) in [5.74, 6) is 0. The van der Waals surface area contributed by atoms with Gasteiger partial charge in [0.1, 0.15) is 0 Å². The third kappa shape index (κ3) is 1.31. The van der Waals surface area contributed by atoms with Crippen LogP contribution in [0.2, 0.25) is 0 Å². The molecule has 1 fully saturated rings. The second-order valence-corrected chi connectivity index (χ2v) is 3.47. The van der Waals surface area contributed by atoms with Gasteiger partial charge in [-0.1, -0.05) is 12.7 Å². The Hall–Kier alpha value is -0.640. The molecule has 0 aromatic carbocycles. The maximum Gasteiger partial charge on any atom is 0.185 e. The number of hydrogen-bond donors (Lipinski definition) is 0. The van der Waals surface area contributed by atoms with Gasteiger partial charge in [-0.25, -0.2) is 0 Å². The largest absolute Gasteiger partial charge is 0.346 e. The number of hydrogen-bond acceptors (Lipinski definition) is 3. The minimum Gasteiger partial charge on any atom is -0.346 e. The molecule has 1 aliphatic rings. The van der Waals surface area contributed by atoms with E-state index in [2.05, 4.69) is 6.58 Å². The Morgan fingerprint density at radius 2 is 2.25 bits per heavy atom. The Bertz CT molecular complexity index is 274. The maximum absolute atomic E-state index is 5.38. The summed E-state index contributed by atoms with van der Waals surface area (Å²) in [6.45, 7) is 5.12. The molecule has 2 rings (SSSR count). The lowest BCUT2D eigenvalue weighted by atomic mass is 10.2. The molecular formula is C9H10O2S. The van der Waals surface area contributed by atoms with Crippen molar-refractivity contribution in [2.24, 2.45) is 0 Å². The predicted octanol–water partition coefficient (Wildman–Crippen LogP) is 2.44. The summed E-state index contributed by atoms with van der Waals surface area (Å²) in [7, 11) is 0. The highest BCUT2D eigenvalue weighted by molar-refractivity contribution is 7.11. The van der Waals surface area contributed by atoms with Crippen molar-refractivity contribution in [3.63, 3.8) is 0 Å². The highest BCUT2D eigenvalue weighted by Crippen LogP contribution is 2.30. The summed E-state index contributed by atoms with van der Waals surface area (Å²) in [6, 6.07) is 2.03. The van der Waals surface area contributed by atoms with Crippen molar-refractivity contribution in [1.82, 2.24) is 0 Å². The van der Waals surface area contributed by atoms with E-state index in [0.29, 0.717) is 13.2 Å². The zero-order valence-corrected chi connectivity index (χ0v) is 7.47. The maximum atomic E-state index is 5.38. The van der Waals surface area contributed by atoms with Crippen LogP contribution < -0.4 is 0 Å². The molecule has 0 radical (unpaired) electrons. The van der Waals surface area contributed by atoms with E-state index >= 15 is 0 Å². The van der Waals surface area contributed by atoms with E-state index < -0.39 is 0 Å². The van der Waals surface area contributed by atoms with Gasteiger partial charge in [0.15, 0.2) is 6.29 Å². The molecule has 12 heavy (non-hydrogen) atoms. The van der Waals surface area contributed by atoms with Crippen LogP contribution in [0.4, 0.5) is 0 Å². The number of thiophene rings is 1. The monoisotopic (exact) mass is 182 g/mol. The molecule has 64 valence electrons. The number of rotatable bonds is 2. The first-order chi connectivity index (χ1) is 5.92. The van der Waals surface area contributed by atoms with Crippen molar-refractivity contribution in [2.75, 3.05) is 13.2 Å². The first kappa shape index (κ1) is 7.98. The molecule has 0 aliphatic carbocycles. The summed E-state index contributed by atoms with van der Waals surface area (Å²) in [5, 5.41) is 2.03. The van der Waals surface area contributed by atoms with Crippen LogP contribution in [0.3, 0.4) is 0 Å². The minimum absolute atomic E-state index is 0.163. The first-order valence-corrected chi connectivity index (χ1v) is 4.73. The quantitative estimate of drug-likeness (QED) is 0.699. The predicted molar refractivity (Wildman–Crippen MR) is 49.1 cm³/mol. The third-order valence-corrected chi connectivity index (χ3v) is 2.72. The first-order valence-electron chi connectivity index (χ1n) is 3.85. The zero-order valence-electron chi connectivity index (χ0n) is 6.66. The van der Waals surface area contributed by atoms with E-state index in [-0.39, 0.29) is 6.29 Å². The molecule has 0 amide bonds. The van der Waals surface area contributed by atoms with Crippen molar-refractivity contribution in [2.45, 2.75) is 6.29 Å². The third-order valence-electron chi connectivity index (χ3n) is 1.79. The van der Waals surface area contributed by atoms with Crippen LogP contribution in [0.5, 0.6) is 0 Å². The van der Waals surface area contributed by atoms with Crippen molar-refractivity contribution >= 4 is 17.4 Å². The van der Waals surface area contributed by atoms with Gasteiger partial charge in [0.05, 0.1) is 13.2 Å². The molecule has 1 aromatic heterocycles. The van der Waals surface area contributed by atoms with Gasteiger partial charge in [0.25, 0.3) is 0 Å². The average Bonchev–Trinajstić information content (AvgIpc) is 2.74. The molecule has 2 nitrogen and oxygen atoms in total. The van der Waals surface area contributed by atoms with Gasteiger partial charge < -0.3 is 9.47 Å².